The van der Waals surface area contributed by atoms with Crippen LogP contribution in [0.5, 0.6) is 0 Å². The van der Waals surface area contributed by atoms with Gasteiger partial charge in [0.05, 0.1) is 0 Å². The molecule has 0 spiro atoms. The highest BCUT2D eigenvalue weighted by atomic mass is 28.5. The molecule has 0 N–H and O–H groups in total. The Labute approximate surface area is 119 Å². The van der Waals surface area contributed by atoms with E-state index < -0.39 is 38.1 Å². The molecular formula is O10Si8. The summed E-state index contributed by atoms with van der Waals surface area (Å²) in [4.78, 5) is 0. The van der Waals surface area contributed by atoms with Gasteiger partial charge in [-0.1, -0.05) is 0 Å². The quantitative estimate of drug-likeness (QED) is 0.388. The standard InChI is InChI=1S/O10Si8/c1-11-3-15-7-17-5-13-2-14-6-18(8-15)10-16(9-17)4-12-1. The Kier molecular flexibility index (Phi) is 5.85. The lowest BCUT2D eigenvalue weighted by Crippen LogP contribution is -2.56. The van der Waals surface area contributed by atoms with Crippen LogP contribution in [0.15, 0.2) is 0 Å². The zero-order chi connectivity index (χ0) is 12.2. The summed E-state index contributed by atoms with van der Waals surface area (Å²) in [5.41, 5.74) is 0. The second-order valence-electron chi connectivity index (χ2n) is 2.35. The van der Waals surface area contributed by atoms with Crippen molar-refractivity contribution in [2.75, 3.05) is 0 Å². The van der Waals surface area contributed by atoms with Gasteiger partial charge in [-0.15, -0.1) is 0 Å². The first kappa shape index (κ1) is 14.3. The molecule has 18 heavy (non-hydrogen) atoms. The van der Waals surface area contributed by atoms with Crippen molar-refractivity contribution < 1.29 is 41.2 Å². The Morgan fingerprint density at radius 1 is 0.444 bits per heavy atom. The summed E-state index contributed by atoms with van der Waals surface area (Å²) in [5, 5.41) is 0. The van der Waals surface area contributed by atoms with E-state index in [1.807, 2.05) is 0 Å². The fourth-order valence-electron chi connectivity index (χ4n) is 0.776. The Morgan fingerprint density at radius 3 is 1.00 bits per heavy atom. The molecule has 12 radical (unpaired) electrons. The predicted molar refractivity (Wildman–Crippen MR) is 56.9 cm³/mol. The van der Waals surface area contributed by atoms with Crippen LogP contribution < -0.4 is 0 Å². The molecule has 0 unspecified atom stereocenters. The number of rotatable bonds is 0. The number of hydrogen-bond acceptors (Lipinski definition) is 10. The molecule has 4 heterocycles. The molecule has 0 aliphatic carbocycles. The van der Waals surface area contributed by atoms with E-state index in [-0.39, 0.29) is 40.0 Å². The van der Waals surface area contributed by atoms with Crippen LogP contribution in [0.2, 0.25) is 0 Å². The predicted octanol–water partition coefficient (Wildman–Crippen LogP) is -3.73. The van der Waals surface area contributed by atoms with Crippen molar-refractivity contribution in [2.24, 2.45) is 0 Å². The molecule has 0 aromatic heterocycles. The second kappa shape index (κ2) is 7.37. The molecule has 4 aliphatic heterocycles. The van der Waals surface area contributed by atoms with Gasteiger partial charge in [-0.05, 0) is 0 Å². The average Bonchev–Trinajstić information content (AvgIpc) is 2.36. The maximum absolute atomic E-state index is 5.49. The number of fused-ring (bicyclic) bond motifs is 4. The molecule has 4 fully saturated rings. The highest BCUT2D eigenvalue weighted by molar-refractivity contribution is 6.73. The summed E-state index contributed by atoms with van der Waals surface area (Å²) in [6.07, 6.45) is 0. The highest BCUT2D eigenvalue weighted by Crippen LogP contribution is 2.12. The average molecular weight is 385 g/mol. The normalized spacial score (nSPS) is 30.7. The molecule has 0 aromatic rings. The molecule has 0 amide bonds. The van der Waals surface area contributed by atoms with Crippen molar-refractivity contribution in [3.05, 3.63) is 0 Å². The lowest BCUT2D eigenvalue weighted by atomic mass is 15.6. The Balaban J connectivity index is 1.77. The molecule has 10 nitrogen and oxygen atoms in total. The third kappa shape index (κ3) is 4.16. The van der Waals surface area contributed by atoms with E-state index >= 15 is 0 Å². The fraction of sp³-hybridized carbons (Fsp3) is 0. The van der Waals surface area contributed by atoms with Crippen molar-refractivity contribution >= 4 is 78.1 Å². The smallest absolute Gasteiger partial charge is 0.412 e. The van der Waals surface area contributed by atoms with Gasteiger partial charge in [-0.3, -0.25) is 0 Å². The van der Waals surface area contributed by atoms with Gasteiger partial charge in [-0.2, -0.15) is 0 Å². The second-order valence-corrected chi connectivity index (χ2v) is 13.2. The molecule has 4 saturated heterocycles. The van der Waals surface area contributed by atoms with E-state index in [9.17, 15) is 0 Å². The molecule has 0 atom stereocenters. The van der Waals surface area contributed by atoms with Crippen LogP contribution in [-0.2, 0) is 41.2 Å². The van der Waals surface area contributed by atoms with Crippen molar-refractivity contribution in [2.45, 2.75) is 0 Å². The van der Waals surface area contributed by atoms with E-state index in [4.69, 9.17) is 41.2 Å². The first-order valence-electron chi connectivity index (χ1n) is 4.08. The maximum atomic E-state index is 5.49. The van der Waals surface area contributed by atoms with Gasteiger partial charge in [0, 0.05) is 0 Å². The Morgan fingerprint density at radius 2 is 0.722 bits per heavy atom. The summed E-state index contributed by atoms with van der Waals surface area (Å²) in [6.45, 7) is 0. The van der Waals surface area contributed by atoms with Gasteiger partial charge >= 0.3 is 78.1 Å². The third-order valence-corrected chi connectivity index (χ3v) is 12.0. The van der Waals surface area contributed by atoms with Gasteiger partial charge < -0.3 is 41.2 Å². The van der Waals surface area contributed by atoms with E-state index in [1.165, 1.54) is 0 Å². The van der Waals surface area contributed by atoms with E-state index in [2.05, 4.69) is 0 Å². The van der Waals surface area contributed by atoms with Crippen molar-refractivity contribution in [3.8, 4) is 0 Å². The maximum Gasteiger partial charge on any atom is 0.551 e. The van der Waals surface area contributed by atoms with Crippen LogP contribution in [0.25, 0.3) is 0 Å². The molecule has 4 rings (SSSR count). The van der Waals surface area contributed by atoms with Crippen LogP contribution in [0.4, 0.5) is 0 Å². The van der Waals surface area contributed by atoms with Gasteiger partial charge in [0.25, 0.3) is 0 Å². The van der Waals surface area contributed by atoms with Crippen LogP contribution in [0, 0.1) is 0 Å². The zero-order valence-corrected chi connectivity index (χ0v) is 16.1. The van der Waals surface area contributed by atoms with Crippen LogP contribution in [-0.4, -0.2) is 78.1 Å². The lowest BCUT2D eigenvalue weighted by molar-refractivity contribution is 0.127. The van der Waals surface area contributed by atoms with Crippen LogP contribution >= 0.6 is 0 Å². The minimum absolute atomic E-state index is 0.223. The van der Waals surface area contributed by atoms with Crippen molar-refractivity contribution in [1.82, 2.24) is 0 Å². The Bertz CT molecular complexity index is 204. The molecular weight excluding hydrogens is 385 g/mol. The van der Waals surface area contributed by atoms with Crippen molar-refractivity contribution in [1.29, 1.82) is 0 Å². The van der Waals surface area contributed by atoms with E-state index in [0.717, 1.165) is 0 Å². The van der Waals surface area contributed by atoms with E-state index in [1.54, 1.807) is 0 Å². The summed E-state index contributed by atoms with van der Waals surface area (Å²) in [6, 6.07) is 0. The van der Waals surface area contributed by atoms with Gasteiger partial charge in [0.15, 0.2) is 0 Å². The summed E-state index contributed by atoms with van der Waals surface area (Å²) < 4.78 is 53.4. The van der Waals surface area contributed by atoms with Gasteiger partial charge in [0.1, 0.15) is 0 Å². The first-order valence-corrected chi connectivity index (χ1v) is 12.2. The van der Waals surface area contributed by atoms with Crippen LogP contribution in [0.3, 0.4) is 0 Å². The third-order valence-electron chi connectivity index (χ3n) is 1.33. The largest absolute Gasteiger partial charge is 0.551 e. The zero-order valence-electron chi connectivity index (χ0n) is 8.08. The van der Waals surface area contributed by atoms with E-state index in [0.29, 0.717) is 0 Å². The number of hydrogen-bond donors (Lipinski definition) is 0. The molecule has 4 bridgehead atoms. The molecule has 92 valence electrons. The summed E-state index contributed by atoms with van der Waals surface area (Å²) >= 11 is 0. The topological polar surface area (TPSA) is 92.3 Å². The summed E-state index contributed by atoms with van der Waals surface area (Å²) in [5.74, 6) is 0. The SMILES string of the molecule is O1[Si]O[Si]2O[Si]3O[Si]O[Si]O[Si](O2)O[Si](O[Si]1)O3. The fourth-order valence-corrected chi connectivity index (χ4v) is 13.0. The van der Waals surface area contributed by atoms with Gasteiger partial charge in [0.2, 0.25) is 0 Å². The molecule has 18 heteroatoms. The minimum atomic E-state index is -2.06. The van der Waals surface area contributed by atoms with Crippen LogP contribution in [0.1, 0.15) is 0 Å². The highest BCUT2D eigenvalue weighted by Gasteiger charge is 2.46. The first-order chi connectivity index (χ1) is 8.90. The molecule has 4 aliphatic rings. The van der Waals surface area contributed by atoms with Gasteiger partial charge in [-0.25, -0.2) is 0 Å². The molecule has 0 saturated carbocycles. The minimum Gasteiger partial charge on any atom is -0.412 e. The lowest BCUT2D eigenvalue weighted by Gasteiger charge is -2.29. The van der Waals surface area contributed by atoms with Crippen molar-refractivity contribution in [3.63, 3.8) is 0 Å². The molecule has 0 aromatic carbocycles. The monoisotopic (exact) mass is 384 g/mol. The summed E-state index contributed by atoms with van der Waals surface area (Å²) in [7, 11) is -9.13. The Hall–Kier alpha value is 1.34.